The van der Waals surface area contributed by atoms with Crippen molar-refractivity contribution in [2.45, 2.75) is 32.3 Å². The Morgan fingerprint density at radius 1 is 1.11 bits per heavy atom. The van der Waals surface area contributed by atoms with Gasteiger partial charge < -0.3 is 15.3 Å². The van der Waals surface area contributed by atoms with E-state index in [9.17, 15) is 19.5 Å². The fourth-order valence-corrected chi connectivity index (χ4v) is 2.95. The van der Waals surface area contributed by atoms with E-state index in [-0.39, 0.29) is 12.2 Å². The van der Waals surface area contributed by atoms with Gasteiger partial charge in [0, 0.05) is 17.7 Å². The van der Waals surface area contributed by atoms with Gasteiger partial charge in [-0.05, 0) is 43.7 Å². The molecule has 0 unspecified atom stereocenters. The lowest BCUT2D eigenvalue weighted by atomic mass is 9.90. The van der Waals surface area contributed by atoms with Crippen molar-refractivity contribution >= 4 is 29.1 Å². The van der Waals surface area contributed by atoms with Crippen molar-refractivity contribution < 1.29 is 24.3 Å². The van der Waals surface area contributed by atoms with Crippen molar-refractivity contribution in [3.63, 3.8) is 0 Å². The second kappa shape index (κ2) is 7.64. The molecule has 1 aliphatic rings. The number of nitrogens with one attached hydrogen (secondary N) is 1. The summed E-state index contributed by atoms with van der Waals surface area (Å²) in [4.78, 5) is 41.0. The first-order valence-corrected chi connectivity index (χ1v) is 8.75. The highest BCUT2D eigenvalue weighted by Gasteiger charge is 2.48. The van der Waals surface area contributed by atoms with Gasteiger partial charge in [0.25, 0.3) is 5.91 Å². The third-order valence-electron chi connectivity index (χ3n) is 4.57. The summed E-state index contributed by atoms with van der Waals surface area (Å²) in [6.45, 7) is 3.40. The van der Waals surface area contributed by atoms with Gasteiger partial charge in [0.1, 0.15) is 0 Å². The molecule has 0 bridgehead atoms. The van der Waals surface area contributed by atoms with Crippen molar-refractivity contribution in [3.8, 4) is 0 Å². The Labute approximate surface area is 162 Å². The van der Waals surface area contributed by atoms with Crippen LogP contribution in [0.25, 0.3) is 0 Å². The lowest BCUT2D eigenvalue weighted by Gasteiger charge is -2.23. The first-order chi connectivity index (χ1) is 13.3. The number of hydrogen-bond donors (Lipinski definition) is 2. The number of Topliss-reactive ketones (excluding diaryl/α,β-unsaturated/α-hetero) is 1. The zero-order valence-electron chi connectivity index (χ0n) is 15.6. The molecule has 0 fully saturated rings. The number of carboxylic acid groups (broad SMARTS) is 1. The van der Waals surface area contributed by atoms with Crippen molar-refractivity contribution in [2.75, 3.05) is 5.32 Å². The number of nitrogens with zero attached hydrogens (tertiary/aromatic N) is 1. The molecule has 0 radical (unpaired) electrons. The minimum absolute atomic E-state index is 0.0414. The Kier molecular flexibility index (Phi) is 5.26. The summed E-state index contributed by atoms with van der Waals surface area (Å²) in [5.41, 5.74) is 1.69. The molecule has 0 saturated heterocycles. The van der Waals surface area contributed by atoms with Gasteiger partial charge in [-0.2, -0.15) is 0 Å². The molecule has 2 aromatic rings. The van der Waals surface area contributed by atoms with Crippen molar-refractivity contribution in [2.24, 2.45) is 5.16 Å². The van der Waals surface area contributed by atoms with Crippen LogP contribution in [0.1, 0.15) is 41.3 Å². The molecule has 0 aliphatic carbocycles. The first-order valence-electron chi connectivity index (χ1n) is 8.75. The molecule has 1 aliphatic heterocycles. The number of hydrogen-bond acceptors (Lipinski definition) is 5. The number of aliphatic carboxylic acids is 1. The number of oxime groups is 1. The van der Waals surface area contributed by atoms with Gasteiger partial charge in [-0.1, -0.05) is 35.0 Å². The largest absolute Gasteiger partial charge is 0.481 e. The monoisotopic (exact) mass is 380 g/mol. The zero-order chi connectivity index (χ0) is 20.3. The second-order valence-electron chi connectivity index (χ2n) is 6.82. The number of carboxylic acids is 1. The Hall–Kier alpha value is -3.48. The van der Waals surface area contributed by atoms with E-state index in [1.807, 2.05) is 31.2 Å². The predicted octanol–water partition coefficient (Wildman–Crippen LogP) is 3.17. The molecule has 1 heterocycles. The molecule has 0 saturated carbocycles. The summed E-state index contributed by atoms with van der Waals surface area (Å²) in [7, 11) is 0. The van der Waals surface area contributed by atoms with Gasteiger partial charge in [0.05, 0.1) is 12.1 Å². The van der Waals surface area contributed by atoms with Crippen LogP contribution in [0.5, 0.6) is 0 Å². The molecule has 2 aromatic carbocycles. The highest BCUT2D eigenvalue weighted by Crippen LogP contribution is 2.32. The Bertz CT molecular complexity index is 948. The van der Waals surface area contributed by atoms with E-state index in [1.165, 1.54) is 6.92 Å². The summed E-state index contributed by atoms with van der Waals surface area (Å²) in [5.74, 6) is -1.85. The lowest BCUT2D eigenvalue weighted by Crippen LogP contribution is -2.45. The molecule has 144 valence electrons. The van der Waals surface area contributed by atoms with E-state index in [0.717, 1.165) is 11.1 Å². The number of carbonyl (C=O) groups is 3. The average molecular weight is 380 g/mol. The van der Waals surface area contributed by atoms with E-state index in [2.05, 4.69) is 10.5 Å². The van der Waals surface area contributed by atoms with Crippen LogP contribution in [0.3, 0.4) is 0 Å². The highest BCUT2D eigenvalue weighted by molar-refractivity contribution is 6.09. The number of carbonyl (C=O) groups excluding carboxylic acids is 2. The van der Waals surface area contributed by atoms with E-state index >= 15 is 0 Å². The number of anilines is 1. The average Bonchev–Trinajstić information content (AvgIpc) is 3.07. The van der Waals surface area contributed by atoms with E-state index < -0.39 is 23.9 Å². The molecule has 7 nitrogen and oxygen atoms in total. The van der Waals surface area contributed by atoms with Crippen LogP contribution in [0.4, 0.5) is 5.69 Å². The maximum Gasteiger partial charge on any atom is 0.308 e. The first kappa shape index (κ1) is 19.3. The third-order valence-corrected chi connectivity index (χ3v) is 4.57. The summed E-state index contributed by atoms with van der Waals surface area (Å²) in [5, 5.41) is 16.0. The van der Waals surface area contributed by atoms with Crippen LogP contribution in [0.15, 0.2) is 53.7 Å². The Morgan fingerprint density at radius 3 is 2.32 bits per heavy atom. The lowest BCUT2D eigenvalue weighted by molar-refractivity contribution is -0.152. The number of rotatable bonds is 6. The minimum Gasteiger partial charge on any atom is -0.481 e. The van der Waals surface area contributed by atoms with Crippen LogP contribution in [-0.2, 0) is 14.4 Å². The molecule has 3 rings (SSSR count). The SMILES string of the molecule is CC(=O)c1ccc(NC(=O)[C@@]2(CC(=O)O)CC(c3ccc(C)cc3)=NO2)cc1. The molecular weight excluding hydrogens is 360 g/mol. The van der Waals surface area contributed by atoms with Crippen LogP contribution in [0, 0.1) is 6.92 Å². The van der Waals surface area contributed by atoms with Gasteiger partial charge in [-0.15, -0.1) is 0 Å². The molecule has 1 atom stereocenters. The van der Waals surface area contributed by atoms with Gasteiger partial charge in [-0.25, -0.2) is 0 Å². The van der Waals surface area contributed by atoms with Crippen LogP contribution in [-0.4, -0.2) is 34.1 Å². The van der Waals surface area contributed by atoms with Crippen molar-refractivity contribution in [3.05, 3.63) is 65.2 Å². The highest BCUT2D eigenvalue weighted by atomic mass is 16.7. The zero-order valence-corrected chi connectivity index (χ0v) is 15.6. The fourth-order valence-electron chi connectivity index (χ4n) is 2.95. The molecule has 0 aromatic heterocycles. The number of aryl methyl sites for hydroxylation is 1. The molecule has 28 heavy (non-hydrogen) atoms. The Balaban J connectivity index is 1.80. The molecule has 7 heteroatoms. The van der Waals surface area contributed by atoms with Gasteiger partial charge in [0.15, 0.2) is 5.78 Å². The van der Waals surface area contributed by atoms with Gasteiger partial charge in [0.2, 0.25) is 5.60 Å². The molecule has 2 N–H and O–H groups in total. The summed E-state index contributed by atoms with van der Waals surface area (Å²) < 4.78 is 0. The number of benzene rings is 2. The molecule has 0 spiro atoms. The summed E-state index contributed by atoms with van der Waals surface area (Å²) in [6, 6.07) is 13.9. The normalized spacial score (nSPS) is 18.1. The fraction of sp³-hybridized carbons (Fsp3) is 0.238. The molecular formula is C21H20N2O5. The minimum atomic E-state index is -1.63. The maximum absolute atomic E-state index is 12.9. The quantitative estimate of drug-likeness (QED) is 0.749. The number of amides is 1. The van der Waals surface area contributed by atoms with Crippen LogP contribution >= 0.6 is 0 Å². The van der Waals surface area contributed by atoms with Gasteiger partial charge in [-0.3, -0.25) is 14.4 Å². The summed E-state index contributed by atoms with van der Waals surface area (Å²) >= 11 is 0. The smallest absolute Gasteiger partial charge is 0.308 e. The molecule has 1 amide bonds. The van der Waals surface area contributed by atoms with E-state index in [4.69, 9.17) is 4.84 Å². The standard InChI is InChI=1S/C21H20N2O5/c1-13-3-5-16(6-4-13)18-11-21(28-23-18,12-19(25)26)20(27)22-17-9-7-15(8-10-17)14(2)24/h3-10H,11-12H2,1-2H3,(H,22,27)(H,25,26)/t21-/m0/s1. The van der Waals surface area contributed by atoms with E-state index in [1.54, 1.807) is 24.3 Å². The number of ketones is 1. The van der Waals surface area contributed by atoms with Gasteiger partial charge >= 0.3 is 5.97 Å². The van der Waals surface area contributed by atoms with Crippen LogP contribution < -0.4 is 5.32 Å². The van der Waals surface area contributed by atoms with Crippen molar-refractivity contribution in [1.82, 2.24) is 0 Å². The van der Waals surface area contributed by atoms with E-state index in [0.29, 0.717) is 17.0 Å². The maximum atomic E-state index is 12.9. The third kappa shape index (κ3) is 4.09. The second-order valence-corrected chi connectivity index (χ2v) is 6.82. The summed E-state index contributed by atoms with van der Waals surface area (Å²) in [6.07, 6.45) is -0.483. The van der Waals surface area contributed by atoms with Crippen molar-refractivity contribution in [1.29, 1.82) is 0 Å². The Morgan fingerprint density at radius 2 is 1.75 bits per heavy atom. The topological polar surface area (TPSA) is 105 Å². The predicted molar refractivity (Wildman–Crippen MR) is 103 cm³/mol. The van der Waals surface area contributed by atoms with Crippen LogP contribution in [0.2, 0.25) is 0 Å².